The third-order valence-corrected chi connectivity index (χ3v) is 2.67. The van der Waals surface area contributed by atoms with E-state index in [4.69, 9.17) is 5.26 Å². The van der Waals surface area contributed by atoms with Crippen molar-refractivity contribution in [1.29, 1.82) is 5.26 Å². The van der Waals surface area contributed by atoms with Gasteiger partial charge in [0, 0.05) is 6.20 Å². The first-order valence-corrected chi connectivity index (χ1v) is 5.46. The van der Waals surface area contributed by atoms with Crippen LogP contribution in [-0.2, 0) is 6.18 Å². The van der Waals surface area contributed by atoms with Crippen LogP contribution in [0.15, 0.2) is 36.5 Å². The van der Waals surface area contributed by atoms with Crippen LogP contribution in [0, 0.1) is 18.3 Å². The largest absolute Gasteiger partial charge is 0.417 e. The van der Waals surface area contributed by atoms with E-state index < -0.39 is 11.7 Å². The molecule has 1 aromatic carbocycles. The van der Waals surface area contributed by atoms with Gasteiger partial charge in [0.05, 0.1) is 5.56 Å². The lowest BCUT2D eigenvalue weighted by Gasteiger charge is -2.13. The summed E-state index contributed by atoms with van der Waals surface area (Å²) in [6.07, 6.45) is -3.10. The highest BCUT2D eigenvalue weighted by atomic mass is 19.4. The molecular formula is C14H9F3N2. The molecule has 0 aliphatic rings. The first kappa shape index (κ1) is 13.1. The molecule has 0 amide bonds. The highest BCUT2D eigenvalue weighted by Gasteiger charge is 2.33. The maximum atomic E-state index is 13.0. The summed E-state index contributed by atoms with van der Waals surface area (Å²) in [7, 11) is 0. The van der Waals surface area contributed by atoms with Crippen LogP contribution in [0.3, 0.4) is 0 Å². The topological polar surface area (TPSA) is 36.7 Å². The molecule has 0 aliphatic heterocycles. The van der Waals surface area contributed by atoms with Gasteiger partial charge >= 0.3 is 6.18 Å². The number of rotatable bonds is 1. The molecule has 2 aromatic rings. The lowest BCUT2D eigenvalue weighted by atomic mass is 9.97. The van der Waals surface area contributed by atoms with Gasteiger partial charge in [0.15, 0.2) is 0 Å². The van der Waals surface area contributed by atoms with E-state index in [0.717, 1.165) is 11.6 Å². The van der Waals surface area contributed by atoms with Gasteiger partial charge in [-0.05, 0) is 36.2 Å². The molecule has 0 saturated heterocycles. The first-order chi connectivity index (χ1) is 8.91. The standard InChI is InChI=1S/C14H9F3N2/c1-9-2-3-13(14(15,16)17)12(6-9)10-4-5-19-11(7-10)8-18/h2-7H,1H3. The van der Waals surface area contributed by atoms with Gasteiger partial charge in [0.25, 0.3) is 0 Å². The minimum Gasteiger partial charge on any atom is -0.246 e. The summed E-state index contributed by atoms with van der Waals surface area (Å²) in [4.78, 5) is 3.76. The van der Waals surface area contributed by atoms with E-state index in [2.05, 4.69) is 4.98 Å². The van der Waals surface area contributed by atoms with Crippen LogP contribution >= 0.6 is 0 Å². The zero-order valence-corrected chi connectivity index (χ0v) is 9.99. The van der Waals surface area contributed by atoms with Crippen LogP contribution in [-0.4, -0.2) is 4.98 Å². The van der Waals surface area contributed by atoms with Crippen LogP contribution in [0.5, 0.6) is 0 Å². The summed E-state index contributed by atoms with van der Waals surface area (Å²) in [6, 6.07) is 8.56. The third kappa shape index (κ3) is 2.74. The number of benzene rings is 1. The summed E-state index contributed by atoms with van der Waals surface area (Å²) >= 11 is 0. The Balaban J connectivity index is 2.67. The number of halogens is 3. The Morgan fingerprint density at radius 2 is 1.89 bits per heavy atom. The maximum absolute atomic E-state index is 13.0. The summed E-state index contributed by atoms with van der Waals surface area (Å²) in [5.74, 6) is 0. The van der Waals surface area contributed by atoms with E-state index in [-0.39, 0.29) is 11.3 Å². The number of aryl methyl sites for hydroxylation is 1. The SMILES string of the molecule is Cc1ccc(C(F)(F)F)c(-c2ccnc(C#N)c2)c1. The van der Waals surface area contributed by atoms with Crippen LogP contribution in [0.25, 0.3) is 11.1 Å². The van der Waals surface area contributed by atoms with Gasteiger partial charge in [-0.15, -0.1) is 0 Å². The number of nitrogens with zero attached hydrogens (tertiary/aromatic N) is 2. The quantitative estimate of drug-likeness (QED) is 0.780. The molecule has 5 heteroatoms. The van der Waals surface area contributed by atoms with Crippen molar-refractivity contribution in [3.05, 3.63) is 53.3 Å². The van der Waals surface area contributed by atoms with Crippen LogP contribution < -0.4 is 0 Å². The van der Waals surface area contributed by atoms with Gasteiger partial charge in [0.2, 0.25) is 0 Å². The second-order valence-electron chi connectivity index (χ2n) is 4.09. The molecule has 0 fully saturated rings. The minimum absolute atomic E-state index is 0.0615. The van der Waals surface area contributed by atoms with Gasteiger partial charge in [-0.25, -0.2) is 4.98 Å². The summed E-state index contributed by atoms with van der Waals surface area (Å²) in [5.41, 5.74) is 0.493. The predicted octanol–water partition coefficient (Wildman–Crippen LogP) is 3.95. The van der Waals surface area contributed by atoms with E-state index in [0.29, 0.717) is 5.56 Å². The van der Waals surface area contributed by atoms with Gasteiger partial charge in [-0.3, -0.25) is 0 Å². The van der Waals surface area contributed by atoms with Gasteiger partial charge in [-0.2, -0.15) is 18.4 Å². The number of hydrogen-bond acceptors (Lipinski definition) is 2. The van der Waals surface area contributed by atoms with Crippen molar-refractivity contribution in [3.63, 3.8) is 0 Å². The summed E-state index contributed by atoms with van der Waals surface area (Å²) < 4.78 is 38.9. The van der Waals surface area contributed by atoms with E-state index in [9.17, 15) is 13.2 Å². The van der Waals surface area contributed by atoms with Gasteiger partial charge in [0.1, 0.15) is 11.8 Å². The lowest BCUT2D eigenvalue weighted by Crippen LogP contribution is -2.07. The predicted molar refractivity (Wildman–Crippen MR) is 64.1 cm³/mol. The van der Waals surface area contributed by atoms with Crippen molar-refractivity contribution in [1.82, 2.24) is 4.98 Å². The summed E-state index contributed by atoms with van der Waals surface area (Å²) in [6.45, 7) is 1.72. The number of aromatic nitrogens is 1. The molecule has 0 radical (unpaired) electrons. The zero-order valence-electron chi connectivity index (χ0n) is 9.99. The molecule has 0 unspecified atom stereocenters. The molecule has 2 rings (SSSR count). The number of nitriles is 1. The third-order valence-electron chi connectivity index (χ3n) is 2.67. The molecule has 0 atom stereocenters. The Morgan fingerprint density at radius 1 is 1.16 bits per heavy atom. The van der Waals surface area contributed by atoms with Crippen molar-refractivity contribution in [2.24, 2.45) is 0 Å². The average Bonchev–Trinajstić information content (AvgIpc) is 2.37. The molecule has 1 aromatic heterocycles. The van der Waals surface area contributed by atoms with Crippen LogP contribution in [0.2, 0.25) is 0 Å². The Bertz CT molecular complexity index is 654. The molecule has 0 spiro atoms. The fourth-order valence-electron chi connectivity index (χ4n) is 1.80. The van der Waals surface area contributed by atoms with Crippen molar-refractivity contribution in [2.75, 3.05) is 0 Å². The Kier molecular flexibility index (Phi) is 3.26. The normalized spacial score (nSPS) is 11.1. The van der Waals surface area contributed by atoms with Crippen LogP contribution in [0.4, 0.5) is 13.2 Å². The highest BCUT2D eigenvalue weighted by molar-refractivity contribution is 5.69. The maximum Gasteiger partial charge on any atom is 0.417 e. The molecule has 0 bridgehead atoms. The summed E-state index contributed by atoms with van der Waals surface area (Å²) in [5, 5.41) is 8.76. The zero-order chi connectivity index (χ0) is 14.0. The molecule has 1 heterocycles. The Labute approximate surface area is 108 Å². The second kappa shape index (κ2) is 4.73. The fraction of sp³-hybridized carbons (Fsp3) is 0.143. The highest BCUT2D eigenvalue weighted by Crippen LogP contribution is 2.37. The van der Waals surface area contributed by atoms with Crippen molar-refractivity contribution < 1.29 is 13.2 Å². The molecule has 0 aliphatic carbocycles. The minimum atomic E-state index is -4.43. The van der Waals surface area contributed by atoms with E-state index in [1.54, 1.807) is 6.92 Å². The molecule has 0 saturated carbocycles. The van der Waals surface area contributed by atoms with Gasteiger partial charge in [-0.1, -0.05) is 17.7 Å². The number of alkyl halides is 3. The lowest BCUT2D eigenvalue weighted by molar-refractivity contribution is -0.137. The van der Waals surface area contributed by atoms with Crippen LogP contribution in [0.1, 0.15) is 16.8 Å². The monoisotopic (exact) mass is 262 g/mol. The Morgan fingerprint density at radius 3 is 2.53 bits per heavy atom. The number of pyridine rings is 1. The number of hydrogen-bond donors (Lipinski definition) is 0. The fourth-order valence-corrected chi connectivity index (χ4v) is 1.80. The molecule has 0 N–H and O–H groups in total. The van der Waals surface area contributed by atoms with Crippen molar-refractivity contribution in [2.45, 2.75) is 13.1 Å². The van der Waals surface area contributed by atoms with Crippen molar-refractivity contribution >= 4 is 0 Å². The first-order valence-electron chi connectivity index (χ1n) is 5.46. The Hall–Kier alpha value is -2.35. The molecular weight excluding hydrogens is 253 g/mol. The molecule has 96 valence electrons. The van der Waals surface area contributed by atoms with E-state index >= 15 is 0 Å². The van der Waals surface area contributed by atoms with Gasteiger partial charge < -0.3 is 0 Å². The smallest absolute Gasteiger partial charge is 0.246 e. The molecule has 19 heavy (non-hydrogen) atoms. The molecule has 2 nitrogen and oxygen atoms in total. The second-order valence-corrected chi connectivity index (χ2v) is 4.09. The average molecular weight is 262 g/mol. The van der Waals surface area contributed by atoms with E-state index in [1.807, 2.05) is 6.07 Å². The van der Waals surface area contributed by atoms with Crippen molar-refractivity contribution in [3.8, 4) is 17.2 Å². The van der Waals surface area contributed by atoms with E-state index in [1.165, 1.54) is 30.5 Å².